The van der Waals surface area contributed by atoms with Crippen molar-refractivity contribution in [2.24, 2.45) is 0 Å². The van der Waals surface area contributed by atoms with Crippen LogP contribution in [-0.2, 0) is 4.79 Å². The highest BCUT2D eigenvalue weighted by atomic mass is 32.2. The molecule has 0 aliphatic carbocycles. The number of hydrogen-bond acceptors (Lipinski definition) is 6. The number of carbonyl (C=O) groups is 2. The smallest absolute Gasteiger partial charge is 0.251 e. The SMILES string of the molecule is Cc1nc(NC(=O)CNC(=O)c2ccc(-c3ccccc3)cc2)sc1SCC#N. The summed E-state index contributed by atoms with van der Waals surface area (Å²) in [7, 11) is 0. The number of thiazole rings is 1. The standard InChI is InChI=1S/C21H18N4O2S2/c1-14-20(28-12-11-22)29-21(24-14)25-18(26)13-23-19(27)17-9-7-16(8-10-17)15-5-3-2-4-6-15/h2-10H,12-13H2,1H3,(H,23,27)(H,24,25,26). The molecule has 0 radical (unpaired) electrons. The molecule has 2 N–H and O–H groups in total. The maximum absolute atomic E-state index is 12.3. The molecule has 0 atom stereocenters. The Morgan fingerprint density at radius 2 is 1.79 bits per heavy atom. The zero-order valence-corrected chi connectivity index (χ0v) is 17.3. The molecule has 0 bridgehead atoms. The van der Waals surface area contributed by atoms with E-state index in [2.05, 4.69) is 21.7 Å². The fourth-order valence-electron chi connectivity index (χ4n) is 2.54. The van der Waals surface area contributed by atoms with Crippen molar-refractivity contribution in [2.45, 2.75) is 11.1 Å². The van der Waals surface area contributed by atoms with E-state index in [1.54, 1.807) is 12.1 Å². The molecular formula is C21H18N4O2S2. The Morgan fingerprint density at radius 3 is 2.48 bits per heavy atom. The summed E-state index contributed by atoms with van der Waals surface area (Å²) in [5.74, 6) is -0.347. The summed E-state index contributed by atoms with van der Waals surface area (Å²) in [5, 5.41) is 14.4. The molecule has 0 aliphatic rings. The first-order valence-electron chi connectivity index (χ1n) is 8.77. The van der Waals surface area contributed by atoms with Gasteiger partial charge in [-0.15, -0.1) is 0 Å². The average Bonchev–Trinajstić information content (AvgIpc) is 3.10. The van der Waals surface area contributed by atoms with Crippen LogP contribution in [0.4, 0.5) is 5.13 Å². The number of aryl methyl sites for hydroxylation is 1. The Bertz CT molecular complexity index is 1040. The molecule has 146 valence electrons. The van der Waals surface area contributed by atoms with Gasteiger partial charge >= 0.3 is 0 Å². The highest BCUT2D eigenvalue weighted by molar-refractivity contribution is 8.01. The predicted molar refractivity (Wildman–Crippen MR) is 116 cm³/mol. The molecule has 6 nitrogen and oxygen atoms in total. The van der Waals surface area contributed by atoms with Crippen LogP contribution in [0.15, 0.2) is 58.8 Å². The zero-order chi connectivity index (χ0) is 20.6. The number of amides is 2. The normalized spacial score (nSPS) is 10.2. The van der Waals surface area contributed by atoms with Crippen LogP contribution in [0.3, 0.4) is 0 Å². The van der Waals surface area contributed by atoms with Gasteiger partial charge in [-0.05, 0) is 30.2 Å². The van der Waals surface area contributed by atoms with Gasteiger partial charge < -0.3 is 10.6 Å². The van der Waals surface area contributed by atoms with Crippen LogP contribution >= 0.6 is 23.1 Å². The predicted octanol–water partition coefficient (Wildman–Crippen LogP) is 4.10. The topological polar surface area (TPSA) is 94.9 Å². The van der Waals surface area contributed by atoms with Gasteiger partial charge in [0.1, 0.15) is 0 Å². The molecule has 0 unspecified atom stereocenters. The van der Waals surface area contributed by atoms with Crippen molar-refractivity contribution < 1.29 is 9.59 Å². The highest BCUT2D eigenvalue weighted by Gasteiger charge is 2.12. The summed E-state index contributed by atoms with van der Waals surface area (Å²) >= 11 is 2.70. The molecule has 2 amide bonds. The number of carbonyl (C=O) groups excluding carboxylic acids is 2. The van der Waals surface area contributed by atoms with Crippen molar-refractivity contribution in [2.75, 3.05) is 17.6 Å². The van der Waals surface area contributed by atoms with Gasteiger partial charge in [-0.2, -0.15) is 5.26 Å². The Balaban J connectivity index is 1.52. The number of nitrogens with one attached hydrogen (secondary N) is 2. The second kappa shape index (κ2) is 9.87. The van der Waals surface area contributed by atoms with Gasteiger partial charge in [-0.25, -0.2) is 4.98 Å². The highest BCUT2D eigenvalue weighted by Crippen LogP contribution is 2.31. The Morgan fingerprint density at radius 1 is 1.10 bits per heavy atom. The molecule has 3 rings (SSSR count). The lowest BCUT2D eigenvalue weighted by atomic mass is 10.0. The number of hydrogen-bond donors (Lipinski definition) is 2. The summed E-state index contributed by atoms with van der Waals surface area (Å²) < 4.78 is 0.893. The van der Waals surface area contributed by atoms with Crippen molar-refractivity contribution in [1.82, 2.24) is 10.3 Å². The molecule has 1 heterocycles. The molecule has 0 saturated heterocycles. The zero-order valence-electron chi connectivity index (χ0n) is 15.6. The van der Waals surface area contributed by atoms with E-state index in [0.717, 1.165) is 21.0 Å². The van der Waals surface area contributed by atoms with E-state index in [1.807, 2.05) is 49.4 Å². The number of rotatable bonds is 7. The van der Waals surface area contributed by atoms with Crippen molar-refractivity contribution in [3.63, 3.8) is 0 Å². The maximum Gasteiger partial charge on any atom is 0.251 e. The first-order chi connectivity index (χ1) is 14.1. The number of benzene rings is 2. The van der Waals surface area contributed by atoms with Crippen molar-refractivity contribution in [3.05, 3.63) is 65.9 Å². The largest absolute Gasteiger partial charge is 0.343 e. The molecule has 29 heavy (non-hydrogen) atoms. The van der Waals surface area contributed by atoms with E-state index in [0.29, 0.717) is 16.4 Å². The molecule has 0 fully saturated rings. The van der Waals surface area contributed by atoms with Gasteiger partial charge in [0.25, 0.3) is 5.91 Å². The van der Waals surface area contributed by atoms with Crippen LogP contribution in [0.1, 0.15) is 16.1 Å². The molecule has 0 spiro atoms. The van der Waals surface area contributed by atoms with Gasteiger partial charge in [0.05, 0.1) is 28.3 Å². The second-order valence-corrected chi connectivity index (χ2v) is 8.26. The minimum atomic E-state index is -0.357. The molecule has 1 aromatic heterocycles. The van der Waals surface area contributed by atoms with Crippen LogP contribution in [-0.4, -0.2) is 29.1 Å². The summed E-state index contributed by atoms with van der Waals surface area (Å²) in [5.41, 5.74) is 3.35. The van der Waals surface area contributed by atoms with Gasteiger partial charge in [0, 0.05) is 5.56 Å². The number of nitrogens with zero attached hydrogens (tertiary/aromatic N) is 2. The Labute approximate surface area is 177 Å². The number of aromatic nitrogens is 1. The number of thioether (sulfide) groups is 1. The maximum atomic E-state index is 12.3. The van der Waals surface area contributed by atoms with E-state index in [4.69, 9.17) is 5.26 Å². The summed E-state index contributed by atoms with van der Waals surface area (Å²) in [4.78, 5) is 28.7. The monoisotopic (exact) mass is 422 g/mol. The minimum absolute atomic E-state index is 0.154. The Kier molecular flexibility index (Phi) is 7.00. The van der Waals surface area contributed by atoms with E-state index in [-0.39, 0.29) is 18.4 Å². The van der Waals surface area contributed by atoms with Gasteiger partial charge in [0.15, 0.2) is 5.13 Å². The summed E-state index contributed by atoms with van der Waals surface area (Å²) in [6.45, 7) is 1.67. The molecule has 0 aliphatic heterocycles. The average molecular weight is 423 g/mol. The molecule has 3 aromatic rings. The van der Waals surface area contributed by atoms with Gasteiger partial charge in [0.2, 0.25) is 5.91 Å². The van der Waals surface area contributed by atoms with Crippen molar-refractivity contribution in [1.29, 1.82) is 5.26 Å². The van der Waals surface area contributed by atoms with Crippen molar-refractivity contribution in [3.8, 4) is 17.2 Å². The third kappa shape index (κ3) is 5.67. The molecule has 2 aromatic carbocycles. The third-order valence-corrected chi connectivity index (χ3v) is 6.23. The summed E-state index contributed by atoms with van der Waals surface area (Å²) in [6.07, 6.45) is 0. The third-order valence-electron chi connectivity index (χ3n) is 3.93. The molecule has 8 heteroatoms. The number of anilines is 1. The first kappa shape index (κ1) is 20.6. The lowest BCUT2D eigenvalue weighted by Crippen LogP contribution is -2.32. The fourth-order valence-corrected chi connectivity index (χ4v) is 4.35. The van der Waals surface area contributed by atoms with E-state index in [1.165, 1.54) is 23.1 Å². The second-order valence-electron chi connectivity index (χ2n) is 6.01. The Hall–Kier alpha value is -3.15. The lowest BCUT2D eigenvalue weighted by Gasteiger charge is -2.06. The minimum Gasteiger partial charge on any atom is -0.343 e. The van der Waals surface area contributed by atoms with Gasteiger partial charge in [-0.3, -0.25) is 9.59 Å². The van der Waals surface area contributed by atoms with Crippen LogP contribution < -0.4 is 10.6 Å². The van der Waals surface area contributed by atoms with E-state index < -0.39 is 0 Å². The van der Waals surface area contributed by atoms with E-state index >= 15 is 0 Å². The fraction of sp³-hybridized carbons (Fsp3) is 0.143. The van der Waals surface area contributed by atoms with Crippen LogP contribution in [0.25, 0.3) is 11.1 Å². The van der Waals surface area contributed by atoms with Gasteiger partial charge in [-0.1, -0.05) is 65.6 Å². The molecule has 0 saturated carbocycles. The lowest BCUT2D eigenvalue weighted by molar-refractivity contribution is -0.115. The van der Waals surface area contributed by atoms with Crippen LogP contribution in [0.5, 0.6) is 0 Å². The van der Waals surface area contributed by atoms with Crippen LogP contribution in [0.2, 0.25) is 0 Å². The first-order valence-corrected chi connectivity index (χ1v) is 10.6. The summed E-state index contributed by atoms with van der Waals surface area (Å²) in [6, 6.07) is 19.2. The quantitative estimate of drug-likeness (QED) is 0.559. The number of nitriles is 1. The van der Waals surface area contributed by atoms with Crippen LogP contribution in [0, 0.1) is 18.3 Å². The van der Waals surface area contributed by atoms with Crippen molar-refractivity contribution >= 4 is 40.0 Å². The van der Waals surface area contributed by atoms with E-state index in [9.17, 15) is 9.59 Å². The molecular weight excluding hydrogens is 404 g/mol.